The molecular formula is C19H23NO3. The van der Waals surface area contributed by atoms with Gasteiger partial charge in [0.05, 0.1) is 13.7 Å². The van der Waals surface area contributed by atoms with Gasteiger partial charge in [0, 0.05) is 12.1 Å². The molecule has 0 aliphatic rings. The molecule has 4 nitrogen and oxygen atoms in total. The highest BCUT2D eigenvalue weighted by atomic mass is 16.5. The third kappa shape index (κ3) is 5.33. The summed E-state index contributed by atoms with van der Waals surface area (Å²) in [5.74, 6) is 1.40. The molecule has 2 aromatic rings. The number of nitrogens with one attached hydrogen (secondary N) is 1. The molecular weight excluding hydrogens is 290 g/mol. The van der Waals surface area contributed by atoms with Crippen LogP contribution in [-0.4, -0.2) is 19.6 Å². The van der Waals surface area contributed by atoms with E-state index in [1.807, 2.05) is 50.2 Å². The van der Waals surface area contributed by atoms with Crippen LogP contribution in [0, 0.1) is 13.8 Å². The molecule has 0 bridgehead atoms. The van der Waals surface area contributed by atoms with Gasteiger partial charge in [0.15, 0.2) is 11.5 Å². The maximum absolute atomic E-state index is 12.0. The normalized spacial score (nSPS) is 10.2. The summed E-state index contributed by atoms with van der Waals surface area (Å²) in [6.07, 6.45) is 1.07. The van der Waals surface area contributed by atoms with Crippen LogP contribution in [0.5, 0.6) is 11.5 Å². The Kier molecular flexibility index (Phi) is 6.03. The second kappa shape index (κ2) is 8.22. The first-order valence-corrected chi connectivity index (χ1v) is 7.72. The summed E-state index contributed by atoms with van der Waals surface area (Å²) >= 11 is 0. The van der Waals surface area contributed by atoms with Crippen molar-refractivity contribution in [1.82, 2.24) is 0 Å². The van der Waals surface area contributed by atoms with Crippen LogP contribution in [0.1, 0.15) is 24.0 Å². The third-order valence-corrected chi connectivity index (χ3v) is 3.38. The zero-order valence-electron chi connectivity index (χ0n) is 13.9. The van der Waals surface area contributed by atoms with Crippen LogP contribution in [0.4, 0.5) is 5.69 Å². The quantitative estimate of drug-likeness (QED) is 0.783. The lowest BCUT2D eigenvalue weighted by Gasteiger charge is -2.10. The van der Waals surface area contributed by atoms with E-state index in [1.54, 1.807) is 7.11 Å². The molecule has 0 unspecified atom stereocenters. The number of aryl methyl sites for hydroxylation is 2. The Bertz CT molecular complexity index is 647. The van der Waals surface area contributed by atoms with Crippen LogP contribution in [0.25, 0.3) is 0 Å². The summed E-state index contributed by atoms with van der Waals surface area (Å²) < 4.78 is 10.9. The fourth-order valence-electron chi connectivity index (χ4n) is 2.42. The van der Waals surface area contributed by atoms with Gasteiger partial charge in [-0.3, -0.25) is 4.79 Å². The molecule has 1 amide bonds. The molecule has 0 radical (unpaired) electrons. The highest BCUT2D eigenvalue weighted by Crippen LogP contribution is 2.25. The first-order chi connectivity index (χ1) is 11.1. The van der Waals surface area contributed by atoms with Gasteiger partial charge in [-0.25, -0.2) is 0 Å². The predicted octanol–water partition coefficient (Wildman–Crippen LogP) is 4.11. The van der Waals surface area contributed by atoms with Crippen molar-refractivity contribution >= 4 is 11.6 Å². The molecule has 0 aliphatic heterocycles. The van der Waals surface area contributed by atoms with Crippen molar-refractivity contribution in [1.29, 1.82) is 0 Å². The summed E-state index contributed by atoms with van der Waals surface area (Å²) in [5, 5.41) is 2.93. The fraction of sp³-hybridized carbons (Fsp3) is 0.316. The fourth-order valence-corrected chi connectivity index (χ4v) is 2.42. The lowest BCUT2D eigenvalue weighted by Crippen LogP contribution is -2.13. The second-order valence-electron chi connectivity index (χ2n) is 5.53. The van der Waals surface area contributed by atoms with E-state index in [0.717, 1.165) is 16.8 Å². The van der Waals surface area contributed by atoms with Gasteiger partial charge in [0.25, 0.3) is 0 Å². The van der Waals surface area contributed by atoms with Crippen LogP contribution in [0.3, 0.4) is 0 Å². The van der Waals surface area contributed by atoms with Crippen molar-refractivity contribution in [2.24, 2.45) is 0 Å². The number of hydrogen-bond donors (Lipinski definition) is 1. The number of hydrogen-bond acceptors (Lipinski definition) is 3. The molecule has 122 valence electrons. The monoisotopic (exact) mass is 313 g/mol. The number of para-hydroxylation sites is 2. The molecule has 0 saturated heterocycles. The van der Waals surface area contributed by atoms with E-state index >= 15 is 0 Å². The number of carbonyl (C=O) groups excluding carboxylic acids is 1. The molecule has 0 atom stereocenters. The van der Waals surface area contributed by atoms with E-state index in [2.05, 4.69) is 11.4 Å². The highest BCUT2D eigenvalue weighted by molar-refractivity contribution is 5.90. The zero-order chi connectivity index (χ0) is 16.7. The lowest BCUT2D eigenvalue weighted by atomic mass is 10.1. The first kappa shape index (κ1) is 16.9. The molecule has 0 aromatic heterocycles. The summed E-state index contributed by atoms with van der Waals surface area (Å²) in [7, 11) is 1.61. The minimum atomic E-state index is -0.00127. The number of rotatable bonds is 7. The van der Waals surface area contributed by atoms with Gasteiger partial charge >= 0.3 is 0 Å². The number of methoxy groups -OCH3 is 1. The van der Waals surface area contributed by atoms with E-state index < -0.39 is 0 Å². The van der Waals surface area contributed by atoms with E-state index in [4.69, 9.17) is 9.47 Å². The number of carbonyl (C=O) groups is 1. The maximum atomic E-state index is 12.0. The van der Waals surface area contributed by atoms with E-state index in [1.165, 1.54) is 0 Å². The Morgan fingerprint density at radius 3 is 2.35 bits per heavy atom. The van der Waals surface area contributed by atoms with Crippen molar-refractivity contribution < 1.29 is 14.3 Å². The minimum Gasteiger partial charge on any atom is -0.493 e. The Balaban J connectivity index is 1.76. The van der Waals surface area contributed by atoms with Crippen LogP contribution < -0.4 is 14.8 Å². The Labute approximate surface area is 137 Å². The van der Waals surface area contributed by atoms with Gasteiger partial charge in [-0.15, -0.1) is 0 Å². The number of anilines is 1. The molecule has 0 saturated carbocycles. The third-order valence-electron chi connectivity index (χ3n) is 3.38. The van der Waals surface area contributed by atoms with Crippen LogP contribution >= 0.6 is 0 Å². The minimum absolute atomic E-state index is 0.00127. The second-order valence-corrected chi connectivity index (χ2v) is 5.53. The Morgan fingerprint density at radius 1 is 1.04 bits per heavy atom. The summed E-state index contributed by atoms with van der Waals surface area (Å²) in [6.45, 7) is 4.51. The van der Waals surface area contributed by atoms with Gasteiger partial charge < -0.3 is 14.8 Å². The van der Waals surface area contributed by atoms with Gasteiger partial charge in [-0.1, -0.05) is 18.2 Å². The van der Waals surface area contributed by atoms with E-state index in [-0.39, 0.29) is 5.91 Å². The molecule has 0 aliphatic carbocycles. The van der Waals surface area contributed by atoms with E-state index in [9.17, 15) is 4.79 Å². The molecule has 1 N–H and O–H groups in total. The van der Waals surface area contributed by atoms with Crippen molar-refractivity contribution in [2.45, 2.75) is 26.7 Å². The number of benzene rings is 2. The Morgan fingerprint density at radius 2 is 1.70 bits per heavy atom. The number of ether oxygens (including phenoxy) is 2. The zero-order valence-corrected chi connectivity index (χ0v) is 13.9. The Hall–Kier alpha value is -2.49. The molecule has 23 heavy (non-hydrogen) atoms. The van der Waals surface area contributed by atoms with Crippen LogP contribution in [0.15, 0.2) is 42.5 Å². The van der Waals surface area contributed by atoms with Crippen LogP contribution in [-0.2, 0) is 4.79 Å². The molecule has 2 aromatic carbocycles. The lowest BCUT2D eigenvalue weighted by molar-refractivity contribution is -0.116. The molecule has 0 fully saturated rings. The SMILES string of the molecule is COc1ccccc1OCCCC(=O)Nc1cc(C)cc(C)c1. The average molecular weight is 313 g/mol. The highest BCUT2D eigenvalue weighted by Gasteiger charge is 2.05. The predicted molar refractivity (Wildman–Crippen MR) is 92.3 cm³/mol. The van der Waals surface area contributed by atoms with Crippen molar-refractivity contribution in [2.75, 3.05) is 19.0 Å². The topological polar surface area (TPSA) is 47.6 Å². The van der Waals surface area contributed by atoms with Gasteiger partial charge in [0.2, 0.25) is 5.91 Å². The van der Waals surface area contributed by atoms with Crippen molar-refractivity contribution in [3.8, 4) is 11.5 Å². The van der Waals surface area contributed by atoms with Crippen LogP contribution in [0.2, 0.25) is 0 Å². The molecule has 2 rings (SSSR count). The number of amides is 1. The standard InChI is InChI=1S/C19H23NO3/c1-14-11-15(2)13-16(12-14)20-19(21)9-6-10-23-18-8-5-4-7-17(18)22-3/h4-5,7-8,11-13H,6,9-10H2,1-3H3,(H,20,21). The van der Waals surface area contributed by atoms with E-state index in [0.29, 0.717) is 30.9 Å². The molecule has 0 heterocycles. The van der Waals surface area contributed by atoms with Crippen molar-refractivity contribution in [3.05, 3.63) is 53.6 Å². The first-order valence-electron chi connectivity index (χ1n) is 7.72. The van der Waals surface area contributed by atoms with Crippen molar-refractivity contribution in [3.63, 3.8) is 0 Å². The molecule has 0 spiro atoms. The maximum Gasteiger partial charge on any atom is 0.224 e. The van der Waals surface area contributed by atoms with Gasteiger partial charge in [-0.2, -0.15) is 0 Å². The molecule has 4 heteroatoms. The smallest absolute Gasteiger partial charge is 0.224 e. The summed E-state index contributed by atoms with van der Waals surface area (Å²) in [5.41, 5.74) is 3.12. The summed E-state index contributed by atoms with van der Waals surface area (Å²) in [6, 6.07) is 13.5. The average Bonchev–Trinajstić information content (AvgIpc) is 2.51. The largest absolute Gasteiger partial charge is 0.493 e. The van der Waals surface area contributed by atoms with Gasteiger partial charge in [0.1, 0.15) is 0 Å². The van der Waals surface area contributed by atoms with Gasteiger partial charge in [-0.05, 0) is 55.7 Å². The summed E-state index contributed by atoms with van der Waals surface area (Å²) in [4.78, 5) is 12.0.